The lowest BCUT2D eigenvalue weighted by Crippen LogP contribution is -2.71. The first-order valence-electron chi connectivity index (χ1n) is 7.91. The van der Waals surface area contributed by atoms with E-state index in [4.69, 9.17) is 4.74 Å². The van der Waals surface area contributed by atoms with Crippen LogP contribution in [0.15, 0.2) is 41.1 Å². The number of carbonyl (C=O) groups excluding carboxylic acids is 3. The van der Waals surface area contributed by atoms with E-state index in [1.807, 2.05) is 0 Å². The summed E-state index contributed by atoms with van der Waals surface area (Å²) in [6.07, 6.45) is 2.48. The van der Waals surface area contributed by atoms with Gasteiger partial charge in [-0.25, -0.2) is 4.79 Å². The average Bonchev–Trinajstić information content (AvgIpc) is 3.12. The lowest BCUT2D eigenvalue weighted by Gasteiger charge is -2.52. The largest absolute Gasteiger partial charge is 0.477 e. The molecule has 27 heavy (non-hydrogen) atoms. The Bertz CT molecular complexity index is 861. The minimum absolute atomic E-state index is 0.155. The van der Waals surface area contributed by atoms with Crippen LogP contribution in [0.25, 0.3) is 0 Å². The van der Waals surface area contributed by atoms with Gasteiger partial charge in [0.1, 0.15) is 17.1 Å². The summed E-state index contributed by atoms with van der Waals surface area (Å²) in [6.45, 7) is 2.61. The third kappa shape index (κ3) is 3.50. The number of carboxylic acids is 1. The van der Waals surface area contributed by atoms with Crippen molar-refractivity contribution in [3.05, 3.63) is 41.1 Å². The number of anilines is 1. The predicted molar refractivity (Wildman–Crippen MR) is 99.9 cm³/mol. The minimum atomic E-state index is -1.25. The molecule has 0 radical (unpaired) electrons. The summed E-state index contributed by atoms with van der Waals surface area (Å²) < 4.78 is 4.71. The maximum Gasteiger partial charge on any atom is 0.352 e. The van der Waals surface area contributed by atoms with Crippen LogP contribution in [0, 0.1) is 0 Å². The van der Waals surface area contributed by atoms with Gasteiger partial charge in [-0.2, -0.15) is 0 Å². The van der Waals surface area contributed by atoms with Crippen LogP contribution in [-0.2, 0) is 23.9 Å². The van der Waals surface area contributed by atoms with Crippen molar-refractivity contribution in [2.75, 3.05) is 10.7 Å². The molecule has 10 heteroatoms. The van der Waals surface area contributed by atoms with Gasteiger partial charge in [0.15, 0.2) is 0 Å². The summed E-state index contributed by atoms with van der Waals surface area (Å²) in [5.41, 5.74) is 0.209. The van der Waals surface area contributed by atoms with Crippen LogP contribution in [0.1, 0.15) is 13.8 Å². The summed E-state index contributed by atoms with van der Waals surface area (Å²) in [5.74, 6) is -2.21. The van der Waals surface area contributed by atoms with E-state index in [0.29, 0.717) is 16.3 Å². The van der Waals surface area contributed by atoms with Crippen LogP contribution in [0.2, 0.25) is 0 Å². The van der Waals surface area contributed by atoms with Gasteiger partial charge < -0.3 is 9.84 Å². The normalized spacial score (nSPS) is 21.7. The van der Waals surface area contributed by atoms with Gasteiger partial charge in [-0.05, 0) is 29.2 Å². The number of thioether (sulfide) groups is 1. The number of rotatable bonds is 5. The second kappa shape index (κ2) is 7.57. The molecular weight excluding hydrogens is 392 g/mol. The number of allylic oxidation sites excluding steroid dienone is 1. The van der Waals surface area contributed by atoms with Crippen molar-refractivity contribution in [2.24, 2.45) is 0 Å². The molecule has 1 aromatic rings. The smallest absolute Gasteiger partial charge is 0.352 e. The molecule has 3 heterocycles. The molecule has 2 aliphatic heterocycles. The van der Waals surface area contributed by atoms with E-state index in [1.165, 1.54) is 52.8 Å². The standard InChI is InChI=1S/C17H16N2O6S2/c1-9(20)18(12-4-3-7-26-12)14-15(22)19-13(17(23)24)11(8-27-16(14)19)5-6-25-10(2)21/h3-7,14,16H,8H2,1-2H3,(H,23,24). The van der Waals surface area contributed by atoms with Crippen molar-refractivity contribution in [3.63, 3.8) is 0 Å². The molecular formula is C17H16N2O6S2. The molecule has 0 bridgehead atoms. The molecule has 1 N–H and O–H groups in total. The topological polar surface area (TPSA) is 104 Å². The van der Waals surface area contributed by atoms with Gasteiger partial charge in [0.05, 0.1) is 11.3 Å². The highest BCUT2D eigenvalue weighted by Crippen LogP contribution is 2.44. The Morgan fingerprint density at radius 2 is 2.11 bits per heavy atom. The van der Waals surface area contributed by atoms with E-state index in [9.17, 15) is 24.3 Å². The number of amides is 2. The average molecular weight is 408 g/mol. The van der Waals surface area contributed by atoms with Crippen LogP contribution in [0.3, 0.4) is 0 Å². The number of hydrogen-bond acceptors (Lipinski definition) is 7. The molecule has 0 aromatic carbocycles. The third-order valence-corrected chi connectivity index (χ3v) is 6.19. The summed E-state index contributed by atoms with van der Waals surface area (Å²) in [7, 11) is 0. The molecule has 1 fully saturated rings. The van der Waals surface area contributed by atoms with E-state index in [2.05, 4.69) is 0 Å². The van der Waals surface area contributed by atoms with Crippen LogP contribution >= 0.6 is 23.1 Å². The highest BCUT2D eigenvalue weighted by atomic mass is 32.2. The van der Waals surface area contributed by atoms with Gasteiger partial charge in [0.25, 0.3) is 5.91 Å². The quantitative estimate of drug-likeness (QED) is 0.450. The van der Waals surface area contributed by atoms with Crippen molar-refractivity contribution < 1.29 is 29.0 Å². The van der Waals surface area contributed by atoms with Gasteiger partial charge in [0, 0.05) is 19.6 Å². The number of fused-ring (bicyclic) bond motifs is 1. The Hall–Kier alpha value is -2.59. The molecule has 8 nitrogen and oxygen atoms in total. The Balaban J connectivity index is 1.91. The second-order valence-electron chi connectivity index (χ2n) is 5.79. The zero-order valence-corrected chi connectivity index (χ0v) is 16.1. The molecule has 2 atom stereocenters. The number of thiophene rings is 1. The first-order valence-corrected chi connectivity index (χ1v) is 9.84. The number of nitrogens with zero attached hydrogens (tertiary/aromatic N) is 2. The second-order valence-corrected chi connectivity index (χ2v) is 7.82. The Morgan fingerprint density at radius 3 is 2.67 bits per heavy atom. The maximum atomic E-state index is 12.8. The third-order valence-electron chi connectivity index (χ3n) is 4.04. The SMILES string of the molecule is CC(=O)OC=CC1=C(C(=O)O)N2C(=O)C(N(C(C)=O)c3cccs3)C2SC1. The van der Waals surface area contributed by atoms with E-state index < -0.39 is 29.3 Å². The van der Waals surface area contributed by atoms with Crippen molar-refractivity contribution in [3.8, 4) is 0 Å². The number of carbonyl (C=O) groups is 4. The van der Waals surface area contributed by atoms with Crippen LogP contribution < -0.4 is 4.90 Å². The minimum Gasteiger partial charge on any atom is -0.477 e. The molecule has 1 saturated heterocycles. The monoisotopic (exact) mass is 408 g/mol. The highest BCUT2D eigenvalue weighted by Gasteiger charge is 2.56. The summed E-state index contributed by atoms with van der Waals surface area (Å²) in [4.78, 5) is 50.2. The molecule has 142 valence electrons. The number of aliphatic carboxylic acids is 1. The van der Waals surface area contributed by atoms with E-state index in [1.54, 1.807) is 17.5 Å². The molecule has 0 spiro atoms. The fourth-order valence-corrected chi connectivity index (χ4v) is 5.13. The lowest BCUT2D eigenvalue weighted by atomic mass is 10.0. The van der Waals surface area contributed by atoms with E-state index >= 15 is 0 Å². The fraction of sp³-hybridized carbons (Fsp3) is 0.294. The molecule has 0 saturated carbocycles. The van der Waals surface area contributed by atoms with Gasteiger partial charge in [-0.15, -0.1) is 23.1 Å². The zero-order chi connectivity index (χ0) is 19.7. The molecule has 2 unspecified atom stereocenters. The lowest BCUT2D eigenvalue weighted by molar-refractivity contribution is -0.148. The van der Waals surface area contributed by atoms with Gasteiger partial charge >= 0.3 is 11.9 Å². The molecule has 1 aromatic heterocycles. The van der Waals surface area contributed by atoms with Crippen LogP contribution in [0.5, 0.6) is 0 Å². The summed E-state index contributed by atoms with van der Waals surface area (Å²) in [5, 5.41) is 11.6. The molecule has 0 aliphatic carbocycles. The molecule has 2 amide bonds. The van der Waals surface area contributed by atoms with Crippen molar-refractivity contribution in [2.45, 2.75) is 25.3 Å². The molecule has 3 rings (SSSR count). The first kappa shape index (κ1) is 19.2. The number of hydrogen-bond donors (Lipinski definition) is 1. The Kier molecular flexibility index (Phi) is 5.38. The van der Waals surface area contributed by atoms with Crippen molar-refractivity contribution in [1.29, 1.82) is 0 Å². The Labute approximate surface area is 163 Å². The maximum absolute atomic E-state index is 12.8. The van der Waals surface area contributed by atoms with Crippen LogP contribution in [-0.4, -0.2) is 50.9 Å². The van der Waals surface area contributed by atoms with Crippen molar-refractivity contribution >= 4 is 51.9 Å². The van der Waals surface area contributed by atoms with Crippen LogP contribution in [0.4, 0.5) is 5.00 Å². The van der Waals surface area contributed by atoms with Gasteiger partial charge in [-0.1, -0.05) is 0 Å². The number of carboxylic acid groups (broad SMARTS) is 1. The predicted octanol–water partition coefficient (Wildman–Crippen LogP) is 1.80. The first-order chi connectivity index (χ1) is 12.8. The highest BCUT2D eigenvalue weighted by molar-refractivity contribution is 8.00. The molecule has 2 aliphatic rings. The number of ether oxygens (including phenoxy) is 1. The van der Waals surface area contributed by atoms with Gasteiger partial charge in [0.2, 0.25) is 5.91 Å². The summed E-state index contributed by atoms with van der Waals surface area (Å²) >= 11 is 2.70. The Morgan fingerprint density at radius 1 is 1.37 bits per heavy atom. The fourth-order valence-electron chi connectivity index (χ4n) is 2.96. The number of esters is 1. The van der Waals surface area contributed by atoms with Crippen molar-refractivity contribution in [1.82, 2.24) is 4.90 Å². The van der Waals surface area contributed by atoms with E-state index in [-0.39, 0.29) is 11.6 Å². The summed E-state index contributed by atoms with van der Waals surface area (Å²) in [6, 6.07) is 2.78. The van der Waals surface area contributed by atoms with E-state index in [0.717, 1.165) is 6.26 Å². The van der Waals surface area contributed by atoms with Gasteiger partial charge in [-0.3, -0.25) is 24.2 Å². The zero-order valence-electron chi connectivity index (χ0n) is 14.4. The number of β-lactam (4-membered cyclic amide) rings is 1.